The van der Waals surface area contributed by atoms with E-state index < -0.39 is 0 Å². The fourth-order valence-electron chi connectivity index (χ4n) is 2.42. The highest BCUT2D eigenvalue weighted by molar-refractivity contribution is 5.78. The van der Waals surface area contributed by atoms with Gasteiger partial charge in [-0.25, -0.2) is 4.98 Å². The van der Waals surface area contributed by atoms with Crippen molar-refractivity contribution in [3.8, 4) is 0 Å². The zero-order valence-corrected chi connectivity index (χ0v) is 12.9. The monoisotopic (exact) mass is 291 g/mol. The maximum atomic E-state index is 11.9. The summed E-state index contributed by atoms with van der Waals surface area (Å²) < 4.78 is 0. The average molecular weight is 291 g/mol. The van der Waals surface area contributed by atoms with Crippen molar-refractivity contribution in [3.05, 3.63) is 18.3 Å². The molecule has 1 aliphatic heterocycles. The predicted octanol–water partition coefficient (Wildman–Crippen LogP) is 0.701. The van der Waals surface area contributed by atoms with Gasteiger partial charge in [0.1, 0.15) is 0 Å². The minimum absolute atomic E-state index is 0.107. The minimum atomic E-state index is 0.107. The molecule has 1 aromatic rings. The number of nitrogens with zero attached hydrogens (tertiary/aromatic N) is 3. The van der Waals surface area contributed by atoms with Crippen molar-refractivity contribution in [3.63, 3.8) is 0 Å². The van der Waals surface area contributed by atoms with Crippen LogP contribution in [0.3, 0.4) is 0 Å². The smallest absolute Gasteiger partial charge is 0.234 e. The number of hydrogen-bond acceptors (Lipinski definition) is 5. The summed E-state index contributed by atoms with van der Waals surface area (Å²) in [6.45, 7) is 7.96. The summed E-state index contributed by atoms with van der Waals surface area (Å²) in [5.41, 5.74) is 6.66. The van der Waals surface area contributed by atoms with Gasteiger partial charge in [0.15, 0.2) is 5.82 Å². The summed E-state index contributed by atoms with van der Waals surface area (Å²) in [5, 5.41) is 3.00. The Morgan fingerprint density at radius 3 is 2.76 bits per heavy atom. The number of pyridine rings is 1. The number of aromatic nitrogens is 1. The molecule has 21 heavy (non-hydrogen) atoms. The molecule has 0 aliphatic carbocycles. The van der Waals surface area contributed by atoms with Crippen LogP contribution in [0.4, 0.5) is 11.5 Å². The Morgan fingerprint density at radius 2 is 2.14 bits per heavy atom. The first-order valence-corrected chi connectivity index (χ1v) is 7.57. The zero-order valence-electron chi connectivity index (χ0n) is 12.9. The van der Waals surface area contributed by atoms with Gasteiger partial charge in [-0.2, -0.15) is 0 Å². The molecule has 1 amide bonds. The highest BCUT2D eigenvalue weighted by Gasteiger charge is 2.21. The number of carbonyl (C=O) groups excluding carboxylic acids is 1. The summed E-state index contributed by atoms with van der Waals surface area (Å²) in [5.74, 6) is 0.955. The lowest BCUT2D eigenvalue weighted by atomic mass is 10.2. The highest BCUT2D eigenvalue weighted by Crippen LogP contribution is 2.20. The minimum Gasteiger partial charge on any atom is -0.396 e. The summed E-state index contributed by atoms with van der Waals surface area (Å²) in [6.07, 6.45) is 2.72. The number of carbonyl (C=O) groups is 1. The molecule has 1 fully saturated rings. The maximum absolute atomic E-state index is 11.9. The van der Waals surface area contributed by atoms with Crippen molar-refractivity contribution in [1.29, 1.82) is 0 Å². The second kappa shape index (κ2) is 7.26. The first-order valence-electron chi connectivity index (χ1n) is 7.57. The van der Waals surface area contributed by atoms with Gasteiger partial charge < -0.3 is 16.0 Å². The van der Waals surface area contributed by atoms with Gasteiger partial charge in [-0.1, -0.05) is 6.92 Å². The quantitative estimate of drug-likeness (QED) is 0.835. The van der Waals surface area contributed by atoms with Crippen LogP contribution in [-0.4, -0.2) is 54.6 Å². The average Bonchev–Trinajstić information content (AvgIpc) is 2.48. The Labute approximate surface area is 126 Å². The fourth-order valence-corrected chi connectivity index (χ4v) is 2.42. The number of nitrogens with two attached hydrogens (primary N) is 1. The molecular weight excluding hydrogens is 266 g/mol. The van der Waals surface area contributed by atoms with Gasteiger partial charge in [0.05, 0.1) is 12.2 Å². The van der Waals surface area contributed by atoms with Gasteiger partial charge in [0, 0.05) is 38.4 Å². The fraction of sp³-hybridized carbons (Fsp3) is 0.600. The largest absolute Gasteiger partial charge is 0.396 e. The third kappa shape index (κ3) is 4.32. The molecule has 2 rings (SSSR count). The molecule has 6 nitrogen and oxygen atoms in total. The van der Waals surface area contributed by atoms with E-state index in [2.05, 4.69) is 27.0 Å². The van der Waals surface area contributed by atoms with E-state index in [0.29, 0.717) is 12.2 Å². The summed E-state index contributed by atoms with van der Waals surface area (Å²) in [4.78, 5) is 20.6. The van der Waals surface area contributed by atoms with Crippen LogP contribution in [0, 0.1) is 0 Å². The Hall–Kier alpha value is -1.82. The highest BCUT2D eigenvalue weighted by atomic mass is 16.2. The first-order chi connectivity index (χ1) is 10.1. The topological polar surface area (TPSA) is 74.5 Å². The van der Waals surface area contributed by atoms with Crippen LogP contribution in [0.25, 0.3) is 0 Å². The number of nitrogen functional groups attached to an aromatic ring is 1. The van der Waals surface area contributed by atoms with Gasteiger partial charge in [-0.3, -0.25) is 9.69 Å². The Balaban J connectivity index is 1.81. The molecule has 0 bridgehead atoms. The molecule has 0 aromatic carbocycles. The second-order valence-electron chi connectivity index (χ2n) is 5.56. The predicted molar refractivity (Wildman–Crippen MR) is 85.2 cm³/mol. The van der Waals surface area contributed by atoms with Gasteiger partial charge in [-0.05, 0) is 25.5 Å². The molecule has 116 valence electrons. The van der Waals surface area contributed by atoms with Crippen molar-refractivity contribution in [1.82, 2.24) is 15.2 Å². The second-order valence-corrected chi connectivity index (χ2v) is 5.56. The third-order valence-corrected chi connectivity index (χ3v) is 3.88. The van der Waals surface area contributed by atoms with Crippen LogP contribution in [0.2, 0.25) is 0 Å². The summed E-state index contributed by atoms with van der Waals surface area (Å²) >= 11 is 0. The van der Waals surface area contributed by atoms with E-state index in [1.165, 1.54) is 0 Å². The van der Waals surface area contributed by atoms with Crippen LogP contribution in [0.1, 0.15) is 20.3 Å². The number of rotatable bonds is 5. The number of amides is 1. The molecule has 0 saturated carbocycles. The number of piperazine rings is 1. The van der Waals surface area contributed by atoms with Crippen molar-refractivity contribution in [2.75, 3.05) is 43.4 Å². The molecule has 1 aliphatic rings. The number of anilines is 2. The molecule has 0 radical (unpaired) electrons. The molecule has 1 unspecified atom stereocenters. The Morgan fingerprint density at radius 1 is 1.43 bits per heavy atom. The van der Waals surface area contributed by atoms with E-state index in [9.17, 15) is 4.79 Å². The molecule has 0 spiro atoms. The summed E-state index contributed by atoms with van der Waals surface area (Å²) in [6, 6.07) is 3.95. The maximum Gasteiger partial charge on any atom is 0.234 e. The van der Waals surface area contributed by atoms with Crippen molar-refractivity contribution in [2.24, 2.45) is 0 Å². The van der Waals surface area contributed by atoms with E-state index in [0.717, 1.165) is 38.4 Å². The Bertz CT molecular complexity index is 471. The molecule has 6 heteroatoms. The summed E-state index contributed by atoms with van der Waals surface area (Å²) in [7, 11) is 0. The first kappa shape index (κ1) is 15.6. The van der Waals surface area contributed by atoms with Crippen LogP contribution >= 0.6 is 0 Å². The molecule has 1 atom stereocenters. The Kier molecular flexibility index (Phi) is 5.38. The van der Waals surface area contributed by atoms with Gasteiger partial charge in [0.2, 0.25) is 5.91 Å². The van der Waals surface area contributed by atoms with Crippen LogP contribution in [0.15, 0.2) is 18.3 Å². The van der Waals surface area contributed by atoms with Gasteiger partial charge in [-0.15, -0.1) is 0 Å². The van der Waals surface area contributed by atoms with Crippen molar-refractivity contribution >= 4 is 17.4 Å². The molecule has 2 heterocycles. The van der Waals surface area contributed by atoms with Crippen LogP contribution in [-0.2, 0) is 4.79 Å². The normalized spacial score (nSPS) is 17.5. The van der Waals surface area contributed by atoms with E-state index in [-0.39, 0.29) is 11.9 Å². The zero-order chi connectivity index (χ0) is 15.2. The van der Waals surface area contributed by atoms with Crippen LogP contribution in [0.5, 0.6) is 0 Å². The van der Waals surface area contributed by atoms with E-state index in [1.807, 2.05) is 19.1 Å². The molecule has 3 N–H and O–H groups in total. The number of nitrogens with one attached hydrogen (secondary N) is 1. The lowest BCUT2D eigenvalue weighted by Gasteiger charge is -2.35. The van der Waals surface area contributed by atoms with E-state index in [4.69, 9.17) is 5.73 Å². The molecular formula is C15H25N5O. The van der Waals surface area contributed by atoms with Crippen molar-refractivity contribution < 1.29 is 4.79 Å². The van der Waals surface area contributed by atoms with E-state index >= 15 is 0 Å². The molecule has 1 saturated heterocycles. The molecule has 1 aromatic heterocycles. The SMILES string of the molecule is CCC(C)NC(=O)CN1CCN(c2ncccc2N)CC1. The lowest BCUT2D eigenvalue weighted by molar-refractivity contribution is -0.122. The van der Waals surface area contributed by atoms with Gasteiger partial charge >= 0.3 is 0 Å². The van der Waals surface area contributed by atoms with E-state index in [1.54, 1.807) is 6.20 Å². The number of hydrogen-bond donors (Lipinski definition) is 2. The standard InChI is InChI=1S/C15H25N5O/c1-3-12(2)18-14(21)11-19-7-9-20(10-8-19)15-13(16)5-4-6-17-15/h4-6,12H,3,7-11,16H2,1-2H3,(H,18,21). The van der Waals surface area contributed by atoms with Gasteiger partial charge in [0.25, 0.3) is 0 Å². The van der Waals surface area contributed by atoms with Crippen molar-refractivity contribution in [2.45, 2.75) is 26.3 Å². The third-order valence-electron chi connectivity index (χ3n) is 3.88. The van der Waals surface area contributed by atoms with Crippen LogP contribution < -0.4 is 16.0 Å². The lowest BCUT2D eigenvalue weighted by Crippen LogP contribution is -2.50.